The molecule has 0 spiro atoms. The molecule has 0 aliphatic heterocycles. The molecule has 0 fully saturated rings. The van der Waals surface area contributed by atoms with E-state index >= 15 is 0 Å². The van der Waals surface area contributed by atoms with E-state index < -0.39 is 69.1 Å². The Morgan fingerprint density at radius 3 is 0.800 bits per heavy atom. The average Bonchev–Trinajstić information content (AvgIpc) is 2.34. The summed E-state index contributed by atoms with van der Waals surface area (Å²) in [5.41, 5.74) is 0. The van der Waals surface area contributed by atoms with Crippen molar-refractivity contribution in [1.29, 1.82) is 0 Å². The zero-order valence-electron chi connectivity index (χ0n) is 12.6. The van der Waals surface area contributed by atoms with Crippen LogP contribution in [0.2, 0.25) is 3.93 Å². The molecule has 16 heteroatoms. The van der Waals surface area contributed by atoms with E-state index in [1.807, 2.05) is 0 Å². The van der Waals surface area contributed by atoms with Crippen LogP contribution in [0.3, 0.4) is 0 Å². The van der Waals surface area contributed by atoms with E-state index in [2.05, 4.69) is 0 Å². The Labute approximate surface area is 142 Å². The molecule has 0 aromatic heterocycles. The summed E-state index contributed by atoms with van der Waals surface area (Å²) in [6, 6.07) is 0. The van der Waals surface area contributed by atoms with Crippen LogP contribution in [0.1, 0.15) is 13.8 Å². The normalized spacial score (nSPS) is 10.7. The second-order valence-electron chi connectivity index (χ2n) is 4.54. The summed E-state index contributed by atoms with van der Waals surface area (Å²) in [6.45, 7) is 1.85. The minimum atomic E-state index is -6.77. The van der Waals surface area contributed by atoms with E-state index in [-0.39, 0.29) is 0 Å². The Hall–Kier alpha value is -2.98. The predicted octanol–water partition coefficient (Wildman–Crippen LogP) is 1.31. The second kappa shape index (κ2) is 7.73. The van der Waals surface area contributed by atoms with Crippen molar-refractivity contribution in [2.75, 3.05) is 0 Å². The Morgan fingerprint density at radius 1 is 0.560 bits per heavy atom. The van der Waals surface area contributed by atoms with Crippen LogP contribution in [0.15, 0.2) is 0 Å². The number of carbonyl (C=O) groups is 6. The molecule has 25 heavy (non-hydrogen) atoms. The molecule has 0 aromatic carbocycles. The van der Waals surface area contributed by atoms with Gasteiger partial charge in [0.2, 0.25) is 0 Å². The van der Waals surface area contributed by atoms with E-state index in [0.29, 0.717) is 0 Å². The van der Waals surface area contributed by atoms with Crippen LogP contribution in [-0.4, -0.2) is 95.8 Å². The molecule has 0 saturated carbocycles. The molecule has 6 amide bonds. The minimum absolute atomic E-state index is 0.718. The zero-order chi connectivity index (χ0) is 20.3. The van der Waals surface area contributed by atoms with E-state index in [1.54, 1.807) is 0 Å². The molecule has 0 aromatic rings. The summed E-state index contributed by atoms with van der Waals surface area (Å²) in [6.07, 6.45) is -14.5. The van der Waals surface area contributed by atoms with Gasteiger partial charge in [-0.2, -0.15) is 0 Å². The number of rotatable bonds is 4. The molecule has 0 aliphatic carbocycles. The molecular weight excluding hydrogens is 461 g/mol. The number of hydrogen-bond donors (Lipinski definition) is 6. The molecular formula is C9H13N3O12Sn. The molecule has 0 radical (unpaired) electrons. The third-order valence-corrected chi connectivity index (χ3v) is 16.2. The van der Waals surface area contributed by atoms with Gasteiger partial charge in [0.05, 0.1) is 0 Å². The van der Waals surface area contributed by atoms with Crippen molar-refractivity contribution in [3.63, 3.8) is 0 Å². The topological polar surface area (TPSA) is 234 Å². The van der Waals surface area contributed by atoms with Gasteiger partial charge >= 0.3 is 142 Å². The molecule has 0 saturated heterocycles. The van der Waals surface area contributed by atoms with Crippen LogP contribution in [0.4, 0.5) is 28.8 Å². The van der Waals surface area contributed by atoms with Gasteiger partial charge in [0.15, 0.2) is 0 Å². The fourth-order valence-corrected chi connectivity index (χ4v) is 13.1. The Morgan fingerprint density at radius 2 is 0.720 bits per heavy atom. The Bertz CT molecular complexity index is 512. The molecule has 0 heterocycles. The van der Waals surface area contributed by atoms with Gasteiger partial charge in [-0.1, -0.05) is 0 Å². The van der Waals surface area contributed by atoms with Crippen LogP contribution in [0.5, 0.6) is 0 Å². The summed E-state index contributed by atoms with van der Waals surface area (Å²) < 4.78 is -3.75. The third kappa shape index (κ3) is 3.75. The number of nitrogens with zero attached hydrogens (tertiary/aromatic N) is 3. The van der Waals surface area contributed by atoms with Crippen molar-refractivity contribution < 1.29 is 59.4 Å². The van der Waals surface area contributed by atoms with Gasteiger partial charge in [0.25, 0.3) is 0 Å². The van der Waals surface area contributed by atoms with Gasteiger partial charge in [-0.05, 0) is 0 Å². The number of imide groups is 3. The van der Waals surface area contributed by atoms with Gasteiger partial charge in [0.1, 0.15) is 0 Å². The SMILES string of the molecule is C[CH](C)[Sn]([N](C(=O)O)C(=O)O)([N](C(=O)O)C(=O)O)[N](C(=O)O)C(=O)O. The standard InChI is InChI=1S/C3H7.3C2H2NO4.Sn/c1-3-2;3*4-1(5)3-2(6)7;/h3H,1-2H3;3*(H,4,5)(H,6,7);/q;3*-1;+3. The van der Waals surface area contributed by atoms with Crippen molar-refractivity contribution in [2.24, 2.45) is 0 Å². The van der Waals surface area contributed by atoms with E-state index in [9.17, 15) is 28.8 Å². The second-order valence-corrected chi connectivity index (χ2v) is 15.6. The fourth-order valence-electron chi connectivity index (χ4n) is 2.16. The van der Waals surface area contributed by atoms with Crippen LogP contribution in [0.25, 0.3) is 0 Å². The first-order valence-corrected chi connectivity index (χ1v) is 11.5. The van der Waals surface area contributed by atoms with Crippen LogP contribution in [-0.2, 0) is 0 Å². The first-order valence-electron chi connectivity index (χ1n) is 6.02. The van der Waals surface area contributed by atoms with Gasteiger partial charge in [-0.25, -0.2) is 0 Å². The van der Waals surface area contributed by atoms with Crippen LogP contribution in [0, 0.1) is 0 Å². The first kappa shape index (κ1) is 22.0. The monoisotopic (exact) mass is 475 g/mol. The first-order chi connectivity index (χ1) is 11.2. The van der Waals surface area contributed by atoms with Crippen molar-refractivity contribution in [2.45, 2.75) is 17.8 Å². The third-order valence-electron chi connectivity index (χ3n) is 2.91. The molecule has 140 valence electrons. The van der Waals surface area contributed by atoms with E-state index in [1.165, 1.54) is 0 Å². The molecule has 0 aliphatic rings. The van der Waals surface area contributed by atoms with Crippen molar-refractivity contribution in [3.8, 4) is 0 Å². The molecule has 0 unspecified atom stereocenters. The summed E-state index contributed by atoms with van der Waals surface area (Å²) in [5, 5.41) is 54.8. The van der Waals surface area contributed by atoms with Crippen molar-refractivity contribution in [1.82, 2.24) is 9.36 Å². The predicted molar refractivity (Wildman–Crippen MR) is 74.5 cm³/mol. The molecule has 0 rings (SSSR count). The quantitative estimate of drug-likeness (QED) is 0.317. The summed E-state index contributed by atoms with van der Waals surface area (Å²) in [4.78, 5) is 68.2. The summed E-state index contributed by atoms with van der Waals surface area (Å²) >= 11 is -6.77. The fraction of sp³-hybridized carbons (Fsp3) is 0.333. The van der Waals surface area contributed by atoms with E-state index in [0.717, 1.165) is 13.8 Å². The number of carboxylic acid groups (broad SMARTS) is 6. The van der Waals surface area contributed by atoms with Crippen LogP contribution >= 0.6 is 0 Å². The number of hydrogen-bond acceptors (Lipinski definition) is 6. The summed E-state index contributed by atoms with van der Waals surface area (Å²) in [7, 11) is 0. The van der Waals surface area contributed by atoms with E-state index in [4.69, 9.17) is 30.6 Å². The van der Waals surface area contributed by atoms with Crippen molar-refractivity contribution >= 4 is 55.8 Å². The van der Waals surface area contributed by atoms with Gasteiger partial charge in [-0.15, -0.1) is 0 Å². The molecule has 15 nitrogen and oxygen atoms in total. The molecule has 0 bridgehead atoms. The Balaban J connectivity index is 7.34. The number of amides is 6. The zero-order valence-corrected chi connectivity index (χ0v) is 15.4. The summed E-state index contributed by atoms with van der Waals surface area (Å²) in [5.74, 6) is 0. The van der Waals surface area contributed by atoms with Gasteiger partial charge in [0, 0.05) is 0 Å². The average molecular weight is 474 g/mol. The Kier molecular flexibility index (Phi) is 6.80. The van der Waals surface area contributed by atoms with Crippen LogP contribution < -0.4 is 0 Å². The molecule has 6 N–H and O–H groups in total. The van der Waals surface area contributed by atoms with Crippen molar-refractivity contribution in [3.05, 3.63) is 0 Å². The van der Waals surface area contributed by atoms with Gasteiger partial charge < -0.3 is 0 Å². The maximum absolute atomic E-state index is 11.4. The molecule has 0 atom stereocenters. The maximum atomic E-state index is 11.4. The van der Waals surface area contributed by atoms with Gasteiger partial charge in [-0.3, -0.25) is 0 Å².